The van der Waals surface area contributed by atoms with Crippen LogP contribution in [-0.2, 0) is 5.88 Å². The van der Waals surface area contributed by atoms with E-state index in [1.807, 2.05) is 0 Å². The first-order valence-corrected chi connectivity index (χ1v) is 6.51. The Bertz CT molecular complexity index is 596. The van der Waals surface area contributed by atoms with Crippen molar-refractivity contribution in [3.63, 3.8) is 0 Å². The van der Waals surface area contributed by atoms with Gasteiger partial charge >= 0.3 is 0 Å². The molecule has 0 bridgehead atoms. The molecule has 0 aromatic heterocycles. The number of hydrogen-bond acceptors (Lipinski definition) is 1. The zero-order chi connectivity index (χ0) is 14.0. The van der Waals surface area contributed by atoms with Gasteiger partial charge in [-0.25, -0.2) is 13.2 Å². The van der Waals surface area contributed by atoms with Gasteiger partial charge in [-0.2, -0.15) is 0 Å². The number of ether oxygens (including phenoxy) is 1. The second kappa shape index (κ2) is 5.84. The van der Waals surface area contributed by atoms with Gasteiger partial charge in [0.15, 0.2) is 17.4 Å². The molecular weight excluding hydrogens is 344 g/mol. The fourth-order valence-corrected chi connectivity index (χ4v) is 2.04. The van der Waals surface area contributed by atoms with Gasteiger partial charge in [0.2, 0.25) is 0 Å². The SMILES string of the molecule is Fc1ccc(Oc2c(F)cc(CCl)cc2F)c(Br)c1. The largest absolute Gasteiger partial charge is 0.450 e. The molecule has 0 saturated heterocycles. The second-order valence-corrected chi connectivity index (χ2v) is 4.82. The highest BCUT2D eigenvalue weighted by Crippen LogP contribution is 2.33. The zero-order valence-corrected chi connectivity index (χ0v) is 11.7. The van der Waals surface area contributed by atoms with Gasteiger partial charge in [-0.3, -0.25) is 0 Å². The van der Waals surface area contributed by atoms with Crippen LogP contribution in [0.15, 0.2) is 34.8 Å². The molecule has 0 aliphatic carbocycles. The summed E-state index contributed by atoms with van der Waals surface area (Å²) in [5.41, 5.74) is 0.308. The highest BCUT2D eigenvalue weighted by atomic mass is 79.9. The van der Waals surface area contributed by atoms with Crippen molar-refractivity contribution < 1.29 is 17.9 Å². The monoisotopic (exact) mass is 350 g/mol. The first kappa shape index (κ1) is 14.2. The van der Waals surface area contributed by atoms with E-state index in [1.165, 1.54) is 6.07 Å². The van der Waals surface area contributed by atoms with Crippen LogP contribution in [0.5, 0.6) is 11.5 Å². The molecule has 2 rings (SSSR count). The van der Waals surface area contributed by atoms with Crippen LogP contribution in [0.1, 0.15) is 5.56 Å². The molecule has 6 heteroatoms. The normalized spacial score (nSPS) is 10.6. The molecule has 0 unspecified atom stereocenters. The Morgan fingerprint density at radius 1 is 1.05 bits per heavy atom. The average Bonchev–Trinajstić information content (AvgIpc) is 2.35. The van der Waals surface area contributed by atoms with Crippen LogP contribution in [0, 0.1) is 17.5 Å². The summed E-state index contributed by atoms with van der Waals surface area (Å²) < 4.78 is 45.6. The minimum atomic E-state index is -0.869. The maximum absolute atomic E-state index is 13.7. The summed E-state index contributed by atoms with van der Waals surface area (Å²) in [6.07, 6.45) is 0. The maximum Gasteiger partial charge on any atom is 0.198 e. The molecule has 0 fully saturated rings. The van der Waals surface area contributed by atoms with Crippen LogP contribution >= 0.6 is 27.5 Å². The Hall–Kier alpha value is -1.20. The molecule has 100 valence electrons. The number of hydrogen-bond donors (Lipinski definition) is 0. The molecule has 0 aliphatic rings. The van der Waals surface area contributed by atoms with Gasteiger partial charge in [0.1, 0.15) is 11.6 Å². The molecule has 0 heterocycles. The Morgan fingerprint density at radius 3 is 2.21 bits per heavy atom. The molecule has 0 spiro atoms. The first-order valence-electron chi connectivity index (χ1n) is 5.18. The molecule has 0 atom stereocenters. The third-order valence-electron chi connectivity index (χ3n) is 2.32. The van der Waals surface area contributed by atoms with Gasteiger partial charge in [-0.1, -0.05) is 0 Å². The van der Waals surface area contributed by atoms with Gasteiger partial charge in [-0.15, -0.1) is 11.6 Å². The summed E-state index contributed by atoms with van der Waals surface area (Å²) in [5, 5.41) is 0. The lowest BCUT2D eigenvalue weighted by Crippen LogP contribution is -1.95. The van der Waals surface area contributed by atoms with Crippen molar-refractivity contribution >= 4 is 27.5 Å². The number of benzene rings is 2. The summed E-state index contributed by atoms with van der Waals surface area (Å²) in [4.78, 5) is 0. The molecule has 0 N–H and O–H groups in total. The standard InChI is InChI=1S/C13H7BrClF3O/c14-9-5-8(16)1-2-12(9)19-13-10(17)3-7(6-15)4-11(13)18/h1-5H,6H2. The van der Waals surface area contributed by atoms with E-state index < -0.39 is 23.2 Å². The van der Waals surface area contributed by atoms with Crippen molar-refractivity contribution in [1.82, 2.24) is 0 Å². The van der Waals surface area contributed by atoms with E-state index in [2.05, 4.69) is 15.9 Å². The van der Waals surface area contributed by atoms with E-state index in [4.69, 9.17) is 16.3 Å². The Kier molecular flexibility index (Phi) is 4.37. The first-order chi connectivity index (χ1) is 9.01. The number of halogens is 5. The molecular formula is C13H7BrClF3O. The quantitative estimate of drug-likeness (QED) is 0.673. The molecule has 0 saturated carbocycles. The van der Waals surface area contributed by atoms with E-state index in [0.29, 0.717) is 5.56 Å². The zero-order valence-electron chi connectivity index (χ0n) is 9.39. The van der Waals surface area contributed by atoms with Gasteiger partial charge in [0.05, 0.1) is 4.47 Å². The van der Waals surface area contributed by atoms with Gasteiger partial charge in [-0.05, 0) is 51.8 Å². The highest BCUT2D eigenvalue weighted by molar-refractivity contribution is 9.10. The van der Waals surface area contributed by atoms with E-state index in [-0.39, 0.29) is 16.1 Å². The summed E-state index contributed by atoms with van der Waals surface area (Å²) in [6.45, 7) is 0. The summed E-state index contributed by atoms with van der Waals surface area (Å²) in [5.74, 6) is -2.68. The average molecular weight is 352 g/mol. The van der Waals surface area contributed by atoms with Crippen molar-refractivity contribution in [3.05, 3.63) is 57.8 Å². The predicted octanol–water partition coefficient (Wildman–Crippen LogP) is 5.40. The van der Waals surface area contributed by atoms with Crippen LogP contribution in [0.3, 0.4) is 0 Å². The van der Waals surface area contributed by atoms with E-state index >= 15 is 0 Å². The molecule has 0 amide bonds. The molecule has 2 aromatic carbocycles. The maximum atomic E-state index is 13.7. The second-order valence-electron chi connectivity index (χ2n) is 3.70. The van der Waals surface area contributed by atoms with Crippen LogP contribution in [0.2, 0.25) is 0 Å². The van der Waals surface area contributed by atoms with Crippen molar-refractivity contribution in [1.29, 1.82) is 0 Å². The molecule has 1 nitrogen and oxygen atoms in total. The minimum Gasteiger partial charge on any atom is -0.450 e. The van der Waals surface area contributed by atoms with Crippen LogP contribution in [-0.4, -0.2) is 0 Å². The van der Waals surface area contributed by atoms with Gasteiger partial charge < -0.3 is 4.74 Å². The van der Waals surface area contributed by atoms with Crippen LogP contribution in [0.25, 0.3) is 0 Å². The van der Waals surface area contributed by atoms with E-state index in [0.717, 1.165) is 24.3 Å². The number of alkyl halides is 1. The fraction of sp³-hybridized carbons (Fsp3) is 0.0769. The fourth-order valence-electron chi connectivity index (χ4n) is 1.45. The summed E-state index contributed by atoms with van der Waals surface area (Å²) >= 11 is 8.55. The molecule has 19 heavy (non-hydrogen) atoms. The minimum absolute atomic E-state index is 0.00559. The lowest BCUT2D eigenvalue weighted by molar-refractivity contribution is 0.404. The van der Waals surface area contributed by atoms with Gasteiger partial charge in [0, 0.05) is 5.88 Å². The highest BCUT2D eigenvalue weighted by Gasteiger charge is 2.15. The lowest BCUT2D eigenvalue weighted by Gasteiger charge is -2.10. The van der Waals surface area contributed by atoms with Gasteiger partial charge in [0.25, 0.3) is 0 Å². The molecule has 0 aliphatic heterocycles. The third kappa shape index (κ3) is 3.22. The van der Waals surface area contributed by atoms with Crippen LogP contribution < -0.4 is 4.74 Å². The van der Waals surface area contributed by atoms with Crippen LogP contribution in [0.4, 0.5) is 13.2 Å². The van der Waals surface area contributed by atoms with Crippen molar-refractivity contribution in [3.8, 4) is 11.5 Å². The predicted molar refractivity (Wildman–Crippen MR) is 70.1 cm³/mol. The van der Waals surface area contributed by atoms with Crippen molar-refractivity contribution in [2.45, 2.75) is 5.88 Å². The Morgan fingerprint density at radius 2 is 1.68 bits per heavy atom. The van der Waals surface area contributed by atoms with E-state index in [9.17, 15) is 13.2 Å². The topological polar surface area (TPSA) is 9.23 Å². The Balaban J connectivity index is 2.38. The number of rotatable bonds is 3. The third-order valence-corrected chi connectivity index (χ3v) is 3.25. The smallest absolute Gasteiger partial charge is 0.198 e. The van der Waals surface area contributed by atoms with Crippen molar-refractivity contribution in [2.24, 2.45) is 0 Å². The van der Waals surface area contributed by atoms with E-state index in [1.54, 1.807) is 0 Å². The van der Waals surface area contributed by atoms with Crippen molar-refractivity contribution in [2.75, 3.05) is 0 Å². The summed E-state index contributed by atoms with van der Waals surface area (Å²) in [6, 6.07) is 5.71. The summed E-state index contributed by atoms with van der Waals surface area (Å²) in [7, 11) is 0. The molecule has 2 aromatic rings. The lowest BCUT2D eigenvalue weighted by atomic mass is 10.2. The Labute approximate surface area is 121 Å². The molecule has 0 radical (unpaired) electrons.